The molecule has 0 saturated heterocycles. The Bertz CT molecular complexity index is 471. The molecule has 0 radical (unpaired) electrons. The van der Waals surface area contributed by atoms with Gasteiger partial charge in [0, 0.05) is 5.56 Å². The molecule has 1 aliphatic rings. The first-order valence-electron chi connectivity index (χ1n) is 8.27. The standard InChI is InChI=1S/C19H30O2/c1-12(2)15-7-9-16(10-8-15)18(20)17-11-6-13(3)14(4)19(17)21-5/h6,11-12,15-16,18,20H,7-10H2,1-5H3. The molecule has 0 aliphatic heterocycles. The molecule has 118 valence electrons. The van der Waals surface area contributed by atoms with E-state index < -0.39 is 6.10 Å². The van der Waals surface area contributed by atoms with Crippen molar-refractivity contribution < 1.29 is 9.84 Å². The second-order valence-electron chi connectivity index (χ2n) is 6.99. The molecule has 1 N–H and O–H groups in total. The van der Waals surface area contributed by atoms with Crippen molar-refractivity contribution in [2.45, 2.75) is 59.5 Å². The number of rotatable bonds is 4. The van der Waals surface area contributed by atoms with Crippen LogP contribution in [0.2, 0.25) is 0 Å². The summed E-state index contributed by atoms with van der Waals surface area (Å²) in [6, 6.07) is 4.14. The highest BCUT2D eigenvalue weighted by atomic mass is 16.5. The smallest absolute Gasteiger partial charge is 0.127 e. The highest BCUT2D eigenvalue weighted by molar-refractivity contribution is 5.46. The first kappa shape index (κ1) is 16.4. The summed E-state index contributed by atoms with van der Waals surface area (Å²) in [5.74, 6) is 2.83. The van der Waals surface area contributed by atoms with Crippen LogP contribution in [0.5, 0.6) is 5.75 Å². The van der Waals surface area contributed by atoms with Crippen LogP contribution in [0.1, 0.15) is 62.3 Å². The van der Waals surface area contributed by atoms with Gasteiger partial charge in [-0.25, -0.2) is 0 Å². The van der Waals surface area contributed by atoms with E-state index in [4.69, 9.17) is 4.74 Å². The summed E-state index contributed by atoms with van der Waals surface area (Å²) in [7, 11) is 1.70. The van der Waals surface area contributed by atoms with Gasteiger partial charge in [-0.3, -0.25) is 0 Å². The molecular weight excluding hydrogens is 260 g/mol. The Morgan fingerprint density at radius 3 is 2.14 bits per heavy atom. The van der Waals surface area contributed by atoms with Crippen LogP contribution < -0.4 is 4.74 Å². The summed E-state index contributed by atoms with van der Waals surface area (Å²) < 4.78 is 5.57. The van der Waals surface area contributed by atoms with Crippen LogP contribution in [0, 0.1) is 31.6 Å². The van der Waals surface area contributed by atoms with Crippen molar-refractivity contribution in [1.29, 1.82) is 0 Å². The minimum absolute atomic E-state index is 0.371. The lowest BCUT2D eigenvalue weighted by molar-refractivity contribution is 0.0648. The summed E-state index contributed by atoms with van der Waals surface area (Å²) in [5, 5.41) is 10.8. The zero-order chi connectivity index (χ0) is 15.6. The normalized spacial score (nSPS) is 24.1. The molecule has 21 heavy (non-hydrogen) atoms. The maximum atomic E-state index is 10.8. The van der Waals surface area contributed by atoms with Gasteiger partial charge < -0.3 is 9.84 Å². The number of benzene rings is 1. The van der Waals surface area contributed by atoms with E-state index in [1.54, 1.807) is 7.11 Å². The molecule has 2 heteroatoms. The molecule has 1 aliphatic carbocycles. The summed E-state index contributed by atoms with van der Waals surface area (Å²) in [5.41, 5.74) is 3.32. The lowest BCUT2D eigenvalue weighted by Gasteiger charge is -2.34. The van der Waals surface area contributed by atoms with Crippen LogP contribution >= 0.6 is 0 Å². The fourth-order valence-corrected chi connectivity index (χ4v) is 3.70. The number of aryl methyl sites for hydroxylation is 1. The fourth-order valence-electron chi connectivity index (χ4n) is 3.70. The molecular formula is C19H30O2. The van der Waals surface area contributed by atoms with Crippen LogP contribution in [-0.4, -0.2) is 12.2 Å². The predicted molar refractivity (Wildman–Crippen MR) is 87.7 cm³/mol. The lowest BCUT2D eigenvalue weighted by Crippen LogP contribution is -2.23. The first-order chi connectivity index (χ1) is 9.95. The summed E-state index contributed by atoms with van der Waals surface area (Å²) in [6.07, 6.45) is 4.34. The summed E-state index contributed by atoms with van der Waals surface area (Å²) in [6.45, 7) is 8.78. The lowest BCUT2D eigenvalue weighted by atomic mass is 9.74. The molecule has 1 aromatic carbocycles. The molecule has 0 aromatic heterocycles. The zero-order valence-electron chi connectivity index (χ0n) is 14.1. The van der Waals surface area contributed by atoms with Crippen LogP contribution in [-0.2, 0) is 0 Å². The van der Waals surface area contributed by atoms with Gasteiger partial charge in [-0.05, 0) is 68.4 Å². The van der Waals surface area contributed by atoms with E-state index in [2.05, 4.69) is 33.8 Å². The first-order valence-corrected chi connectivity index (χ1v) is 8.27. The van der Waals surface area contributed by atoms with Gasteiger partial charge in [0.15, 0.2) is 0 Å². The second-order valence-corrected chi connectivity index (χ2v) is 6.99. The van der Waals surface area contributed by atoms with E-state index in [0.29, 0.717) is 5.92 Å². The van der Waals surface area contributed by atoms with E-state index in [0.717, 1.165) is 41.6 Å². The Balaban J connectivity index is 2.14. The molecule has 0 amide bonds. The van der Waals surface area contributed by atoms with Gasteiger partial charge in [0.25, 0.3) is 0 Å². The molecule has 1 unspecified atom stereocenters. The van der Waals surface area contributed by atoms with Crippen molar-refractivity contribution in [2.75, 3.05) is 7.11 Å². The largest absolute Gasteiger partial charge is 0.496 e. The molecule has 0 bridgehead atoms. The van der Waals surface area contributed by atoms with Crippen molar-refractivity contribution in [1.82, 2.24) is 0 Å². The average molecular weight is 290 g/mol. The topological polar surface area (TPSA) is 29.5 Å². The summed E-state index contributed by atoms with van der Waals surface area (Å²) >= 11 is 0. The zero-order valence-corrected chi connectivity index (χ0v) is 14.1. The van der Waals surface area contributed by atoms with Gasteiger partial charge in [0.1, 0.15) is 5.75 Å². The van der Waals surface area contributed by atoms with Gasteiger partial charge in [0.05, 0.1) is 13.2 Å². The highest BCUT2D eigenvalue weighted by Gasteiger charge is 2.30. The van der Waals surface area contributed by atoms with Crippen LogP contribution in [0.15, 0.2) is 12.1 Å². The molecule has 0 heterocycles. The van der Waals surface area contributed by atoms with Crippen molar-refractivity contribution in [3.8, 4) is 5.75 Å². The van der Waals surface area contributed by atoms with Crippen molar-refractivity contribution in [3.05, 3.63) is 28.8 Å². The average Bonchev–Trinajstić information content (AvgIpc) is 2.49. The Kier molecular flexibility index (Phi) is 5.32. The van der Waals surface area contributed by atoms with Crippen LogP contribution in [0.3, 0.4) is 0 Å². The minimum Gasteiger partial charge on any atom is -0.496 e. The molecule has 1 saturated carbocycles. The van der Waals surface area contributed by atoms with Gasteiger partial charge in [-0.2, -0.15) is 0 Å². The number of aliphatic hydroxyl groups is 1. The Morgan fingerprint density at radius 1 is 1.05 bits per heavy atom. The van der Waals surface area contributed by atoms with Gasteiger partial charge in [-0.1, -0.05) is 26.0 Å². The van der Waals surface area contributed by atoms with Crippen molar-refractivity contribution >= 4 is 0 Å². The van der Waals surface area contributed by atoms with Gasteiger partial charge in [-0.15, -0.1) is 0 Å². The highest BCUT2D eigenvalue weighted by Crippen LogP contribution is 2.42. The summed E-state index contributed by atoms with van der Waals surface area (Å²) in [4.78, 5) is 0. The van der Waals surface area contributed by atoms with E-state index in [9.17, 15) is 5.11 Å². The van der Waals surface area contributed by atoms with Gasteiger partial charge in [0.2, 0.25) is 0 Å². The van der Waals surface area contributed by atoms with Gasteiger partial charge >= 0.3 is 0 Å². The second kappa shape index (κ2) is 6.83. The maximum Gasteiger partial charge on any atom is 0.127 e. The number of hydrogen-bond donors (Lipinski definition) is 1. The third-order valence-electron chi connectivity index (χ3n) is 5.44. The predicted octanol–water partition coefficient (Wildman–Crippen LogP) is 4.81. The fraction of sp³-hybridized carbons (Fsp3) is 0.684. The number of aliphatic hydroxyl groups excluding tert-OH is 1. The Morgan fingerprint density at radius 2 is 1.62 bits per heavy atom. The SMILES string of the molecule is COc1c(C(O)C2CCC(C(C)C)CC2)ccc(C)c1C. The molecule has 1 fully saturated rings. The quantitative estimate of drug-likeness (QED) is 0.862. The molecule has 2 nitrogen and oxygen atoms in total. The van der Waals surface area contributed by atoms with Crippen LogP contribution in [0.25, 0.3) is 0 Å². The Labute approximate surface area is 129 Å². The third kappa shape index (κ3) is 3.42. The number of ether oxygens (including phenoxy) is 1. The maximum absolute atomic E-state index is 10.8. The van der Waals surface area contributed by atoms with Crippen molar-refractivity contribution in [3.63, 3.8) is 0 Å². The van der Waals surface area contributed by atoms with E-state index in [1.807, 2.05) is 6.07 Å². The van der Waals surface area contributed by atoms with Crippen LogP contribution in [0.4, 0.5) is 0 Å². The molecule has 2 rings (SSSR count). The van der Waals surface area contributed by atoms with E-state index >= 15 is 0 Å². The third-order valence-corrected chi connectivity index (χ3v) is 5.44. The Hall–Kier alpha value is -1.02. The molecule has 1 aromatic rings. The van der Waals surface area contributed by atoms with E-state index in [1.165, 1.54) is 18.4 Å². The monoisotopic (exact) mass is 290 g/mol. The van der Waals surface area contributed by atoms with E-state index in [-0.39, 0.29) is 0 Å². The number of methoxy groups -OCH3 is 1. The molecule has 0 spiro atoms. The van der Waals surface area contributed by atoms with Crippen molar-refractivity contribution in [2.24, 2.45) is 17.8 Å². The minimum atomic E-state index is -0.396. The molecule has 1 atom stereocenters. The number of hydrogen-bond acceptors (Lipinski definition) is 2.